The summed E-state index contributed by atoms with van der Waals surface area (Å²) >= 11 is 0. The van der Waals surface area contributed by atoms with Crippen LogP contribution in [-0.2, 0) is 11.3 Å². The molecule has 1 fully saturated rings. The normalized spacial score (nSPS) is 16.0. The van der Waals surface area contributed by atoms with Crippen molar-refractivity contribution in [2.24, 2.45) is 0 Å². The van der Waals surface area contributed by atoms with Gasteiger partial charge in [-0.25, -0.2) is 4.98 Å². The third-order valence-corrected chi connectivity index (χ3v) is 7.09. The second-order valence-electron chi connectivity index (χ2n) is 9.93. The number of aromatic nitrogens is 2. The molecule has 1 saturated heterocycles. The lowest BCUT2D eigenvalue weighted by Crippen LogP contribution is -2.34. The van der Waals surface area contributed by atoms with Crippen LogP contribution in [0.2, 0.25) is 0 Å². The van der Waals surface area contributed by atoms with Crippen LogP contribution in [0.5, 0.6) is 0 Å². The van der Waals surface area contributed by atoms with E-state index in [2.05, 4.69) is 104 Å². The fourth-order valence-electron chi connectivity index (χ4n) is 5.38. The average molecular weight is 467 g/mol. The van der Waals surface area contributed by atoms with Gasteiger partial charge in [0.25, 0.3) is 0 Å². The maximum Gasteiger partial charge on any atom is 0.227 e. The number of fused-ring (bicyclic) bond motifs is 1. The van der Waals surface area contributed by atoms with Crippen molar-refractivity contribution in [2.45, 2.75) is 52.6 Å². The Morgan fingerprint density at radius 3 is 2.49 bits per heavy atom. The van der Waals surface area contributed by atoms with Crippen LogP contribution in [-0.4, -0.2) is 34.6 Å². The molecule has 5 heteroatoms. The first-order chi connectivity index (χ1) is 16.9. The topological polar surface area (TPSA) is 41.4 Å². The van der Waals surface area contributed by atoms with E-state index in [1.165, 1.54) is 11.3 Å². The highest BCUT2D eigenvalue weighted by atomic mass is 16.2. The molecule has 0 aliphatic carbocycles. The quantitative estimate of drug-likeness (QED) is 0.331. The smallest absolute Gasteiger partial charge is 0.227 e. The van der Waals surface area contributed by atoms with E-state index in [1.54, 1.807) is 0 Å². The zero-order valence-corrected chi connectivity index (χ0v) is 21.1. The van der Waals surface area contributed by atoms with Crippen LogP contribution in [0, 0.1) is 13.8 Å². The summed E-state index contributed by atoms with van der Waals surface area (Å²) in [5.74, 6) is 1.26. The molecule has 0 radical (unpaired) electrons. The molecule has 1 aromatic heterocycles. The predicted octanol–water partition coefficient (Wildman–Crippen LogP) is 6.09. The first-order valence-electron chi connectivity index (χ1n) is 12.6. The Hall–Kier alpha value is -3.60. The molecule has 1 unspecified atom stereocenters. The molecule has 4 aromatic rings. The third kappa shape index (κ3) is 4.55. The Morgan fingerprint density at radius 1 is 1.00 bits per heavy atom. The zero-order valence-electron chi connectivity index (χ0n) is 21.1. The van der Waals surface area contributed by atoms with Crippen molar-refractivity contribution in [1.29, 1.82) is 0 Å². The third-order valence-electron chi connectivity index (χ3n) is 7.09. The minimum atomic E-state index is 0.0693. The molecule has 1 amide bonds. The number of carbonyl (C=O) groups excluding carboxylic acids is 1. The number of imidazole rings is 1. The van der Waals surface area contributed by atoms with Gasteiger partial charge in [0.05, 0.1) is 11.0 Å². The van der Waals surface area contributed by atoms with Crippen LogP contribution in [0.4, 0.5) is 11.4 Å². The number of nitrogens with zero attached hydrogens (tertiary/aromatic N) is 4. The Labute approximate surface area is 208 Å². The first-order valence-corrected chi connectivity index (χ1v) is 12.6. The van der Waals surface area contributed by atoms with Gasteiger partial charge in [0, 0.05) is 49.4 Å². The number of aryl methyl sites for hydroxylation is 2. The largest absolute Gasteiger partial charge is 0.367 e. The van der Waals surface area contributed by atoms with E-state index in [0.717, 1.165) is 41.2 Å². The summed E-state index contributed by atoms with van der Waals surface area (Å²) in [6.45, 7) is 11.0. The summed E-state index contributed by atoms with van der Waals surface area (Å²) < 4.78 is 2.34. The van der Waals surface area contributed by atoms with Crippen molar-refractivity contribution in [1.82, 2.24) is 9.55 Å². The van der Waals surface area contributed by atoms with Crippen LogP contribution in [0.25, 0.3) is 11.0 Å². The standard InChI is InChI=1S/C30H34N4O/c1-21(2)32(25-10-6-5-7-11-25)16-17-33-28-13-9-8-12-26(28)31-30(33)24-19-29(35)34(20-24)27-15-14-22(3)18-23(27)4/h5-15,18,21,24H,16-17,19-20H2,1-4H3. The fourth-order valence-corrected chi connectivity index (χ4v) is 5.38. The maximum absolute atomic E-state index is 13.1. The Balaban J connectivity index is 1.46. The van der Waals surface area contributed by atoms with E-state index in [9.17, 15) is 4.79 Å². The van der Waals surface area contributed by atoms with Crippen LogP contribution in [0.15, 0.2) is 72.8 Å². The van der Waals surface area contributed by atoms with Gasteiger partial charge in [-0.3, -0.25) is 4.79 Å². The minimum absolute atomic E-state index is 0.0693. The molecule has 5 rings (SSSR count). The number of hydrogen-bond donors (Lipinski definition) is 0. The van der Waals surface area contributed by atoms with E-state index in [0.29, 0.717) is 19.0 Å². The molecule has 5 nitrogen and oxygen atoms in total. The highest BCUT2D eigenvalue weighted by Gasteiger charge is 2.35. The fraction of sp³-hybridized carbons (Fsp3) is 0.333. The monoisotopic (exact) mass is 466 g/mol. The van der Waals surface area contributed by atoms with Gasteiger partial charge >= 0.3 is 0 Å². The number of para-hydroxylation sites is 3. The molecule has 0 saturated carbocycles. The Kier molecular flexibility index (Phi) is 6.33. The molecule has 180 valence electrons. The van der Waals surface area contributed by atoms with Crippen molar-refractivity contribution in [3.05, 3.63) is 89.7 Å². The number of rotatable bonds is 7. The van der Waals surface area contributed by atoms with Gasteiger partial charge < -0.3 is 14.4 Å². The van der Waals surface area contributed by atoms with Crippen LogP contribution >= 0.6 is 0 Å². The Morgan fingerprint density at radius 2 is 1.74 bits per heavy atom. The molecule has 1 atom stereocenters. The summed E-state index contributed by atoms with van der Waals surface area (Å²) in [5, 5.41) is 0. The SMILES string of the molecule is Cc1ccc(N2CC(c3nc4ccccc4n3CCN(c3ccccc3)C(C)C)CC2=O)c(C)c1. The number of carbonyl (C=O) groups is 1. The van der Waals surface area contributed by atoms with E-state index in [-0.39, 0.29) is 11.8 Å². The molecule has 1 aliphatic rings. The lowest BCUT2D eigenvalue weighted by molar-refractivity contribution is -0.117. The van der Waals surface area contributed by atoms with Crippen molar-refractivity contribution >= 4 is 28.3 Å². The van der Waals surface area contributed by atoms with Gasteiger partial charge in [-0.15, -0.1) is 0 Å². The van der Waals surface area contributed by atoms with E-state index < -0.39 is 0 Å². The summed E-state index contributed by atoms with van der Waals surface area (Å²) in [4.78, 5) is 22.6. The second-order valence-corrected chi connectivity index (χ2v) is 9.93. The van der Waals surface area contributed by atoms with Gasteiger partial charge in [0.15, 0.2) is 0 Å². The van der Waals surface area contributed by atoms with E-state index >= 15 is 0 Å². The molecule has 35 heavy (non-hydrogen) atoms. The number of amides is 1. The van der Waals surface area contributed by atoms with Crippen LogP contribution in [0.3, 0.4) is 0 Å². The summed E-state index contributed by atoms with van der Waals surface area (Å²) in [6, 6.07) is 25.6. The molecule has 0 bridgehead atoms. The Bertz CT molecular complexity index is 1340. The molecule has 2 heterocycles. The molecule has 0 spiro atoms. The lowest BCUT2D eigenvalue weighted by atomic mass is 10.1. The predicted molar refractivity (Wildman–Crippen MR) is 144 cm³/mol. The minimum Gasteiger partial charge on any atom is -0.367 e. The number of anilines is 2. The van der Waals surface area contributed by atoms with Crippen molar-refractivity contribution in [3.8, 4) is 0 Å². The highest BCUT2D eigenvalue weighted by Crippen LogP contribution is 2.35. The van der Waals surface area contributed by atoms with Crippen molar-refractivity contribution in [3.63, 3.8) is 0 Å². The van der Waals surface area contributed by atoms with E-state index in [4.69, 9.17) is 4.98 Å². The van der Waals surface area contributed by atoms with Gasteiger partial charge in [0.1, 0.15) is 5.82 Å². The molecular weight excluding hydrogens is 432 g/mol. The van der Waals surface area contributed by atoms with E-state index in [1.807, 2.05) is 11.0 Å². The van der Waals surface area contributed by atoms with Gasteiger partial charge in [0.2, 0.25) is 5.91 Å². The molecule has 1 aliphatic heterocycles. The van der Waals surface area contributed by atoms with Crippen LogP contribution < -0.4 is 9.80 Å². The maximum atomic E-state index is 13.1. The summed E-state index contributed by atoms with van der Waals surface area (Å²) in [6.07, 6.45) is 0.489. The van der Waals surface area contributed by atoms with Gasteiger partial charge in [-0.2, -0.15) is 0 Å². The van der Waals surface area contributed by atoms with Crippen molar-refractivity contribution < 1.29 is 4.79 Å². The first kappa shape index (κ1) is 23.2. The zero-order chi connectivity index (χ0) is 24.5. The van der Waals surface area contributed by atoms with Crippen molar-refractivity contribution in [2.75, 3.05) is 22.9 Å². The number of hydrogen-bond acceptors (Lipinski definition) is 3. The molecule has 3 aromatic carbocycles. The molecular formula is C30H34N4O. The number of benzene rings is 3. The van der Waals surface area contributed by atoms with Gasteiger partial charge in [-0.1, -0.05) is 48.0 Å². The lowest BCUT2D eigenvalue weighted by Gasteiger charge is -2.30. The van der Waals surface area contributed by atoms with Gasteiger partial charge in [-0.05, 0) is 63.6 Å². The van der Waals surface area contributed by atoms with Crippen LogP contribution in [0.1, 0.15) is 43.1 Å². The summed E-state index contributed by atoms with van der Waals surface area (Å²) in [5.41, 5.74) is 6.73. The average Bonchev–Trinajstić information content (AvgIpc) is 3.40. The highest BCUT2D eigenvalue weighted by molar-refractivity contribution is 5.97. The summed E-state index contributed by atoms with van der Waals surface area (Å²) in [7, 11) is 0. The molecule has 0 N–H and O–H groups in total. The second kappa shape index (κ2) is 9.57.